The molecular formula is C46H75N3O10. The topological polar surface area (TPSA) is 170 Å². The molecule has 0 aromatic heterocycles. The zero-order valence-corrected chi connectivity index (χ0v) is 37.6. The first-order chi connectivity index (χ1) is 27.9. The molecule has 0 aliphatic carbocycles. The number of methoxy groups -OCH3 is 2. The Hall–Kier alpha value is -3.56. The van der Waals surface area contributed by atoms with Crippen molar-refractivity contribution in [2.24, 2.45) is 29.6 Å². The maximum absolute atomic E-state index is 13.9. The summed E-state index contributed by atoms with van der Waals surface area (Å²) >= 11 is 0. The van der Waals surface area contributed by atoms with Crippen LogP contribution in [0.1, 0.15) is 75.2 Å². The number of aliphatic hydroxyl groups excluding tert-OH is 4. The van der Waals surface area contributed by atoms with Crippen molar-refractivity contribution in [1.82, 2.24) is 15.3 Å². The lowest BCUT2D eigenvalue weighted by Crippen LogP contribution is -2.48. The second-order valence-electron chi connectivity index (χ2n) is 16.4. The third-order valence-electron chi connectivity index (χ3n) is 11.6. The van der Waals surface area contributed by atoms with Gasteiger partial charge in [-0.3, -0.25) is 15.1 Å². The lowest BCUT2D eigenvalue weighted by atomic mass is 9.79. The molecule has 1 fully saturated rings. The van der Waals surface area contributed by atoms with Gasteiger partial charge in [0, 0.05) is 57.0 Å². The normalized spacial score (nSPS) is 28.7. The Morgan fingerprint density at radius 2 is 1.73 bits per heavy atom. The minimum absolute atomic E-state index is 0.0897. The number of aliphatic hydroxyl groups is 4. The van der Waals surface area contributed by atoms with Crippen molar-refractivity contribution in [1.29, 1.82) is 0 Å². The smallest absolute Gasteiger partial charge is 0.373 e. The molecule has 334 valence electrons. The average molecular weight is 830 g/mol. The molecule has 1 saturated heterocycles. The Balaban J connectivity index is 2.61. The Kier molecular flexibility index (Phi) is 22.7. The lowest BCUT2D eigenvalue weighted by molar-refractivity contribution is -0.159. The Bertz CT molecular complexity index is 1540. The van der Waals surface area contributed by atoms with Crippen LogP contribution in [-0.2, 0) is 28.6 Å². The molecule has 2 heterocycles. The van der Waals surface area contributed by atoms with E-state index in [1.807, 2.05) is 60.7 Å². The fourth-order valence-electron chi connectivity index (χ4n) is 7.51. The molecule has 0 aromatic rings. The van der Waals surface area contributed by atoms with E-state index in [4.69, 9.17) is 19.0 Å². The van der Waals surface area contributed by atoms with Crippen molar-refractivity contribution in [2.75, 3.05) is 54.1 Å². The highest BCUT2D eigenvalue weighted by Crippen LogP contribution is 2.30. The number of hydroxylamine groups is 1. The van der Waals surface area contributed by atoms with Gasteiger partial charge in [0.05, 0.1) is 37.2 Å². The molecule has 2 rings (SSSR count). The number of amides is 1. The van der Waals surface area contributed by atoms with Gasteiger partial charge >= 0.3 is 5.97 Å². The number of cyclic esters (lactones) is 1. The molecule has 0 bridgehead atoms. The maximum atomic E-state index is 13.9. The monoisotopic (exact) mass is 830 g/mol. The van der Waals surface area contributed by atoms with Crippen LogP contribution in [0.5, 0.6) is 0 Å². The van der Waals surface area contributed by atoms with E-state index < -0.39 is 48.5 Å². The molecule has 0 radical (unpaired) electrons. The molecule has 13 heteroatoms. The van der Waals surface area contributed by atoms with Crippen LogP contribution in [-0.4, -0.2) is 133 Å². The van der Waals surface area contributed by atoms with Crippen molar-refractivity contribution in [3.8, 4) is 0 Å². The second kappa shape index (κ2) is 25.9. The standard InChI is InChI=1S/C46H75N3O10/c1-13-16-38(50)31(5)19-20-37(47-58-28-41(51)49-23-21-48(10)22-24-49)34(8)44(54)35(9)45-39(56-11)18-15-17-29(3)25-32(6)42(52)36(14-2)43(53)33(7)26-30(4)27-40(57-12)46(55)59-45/h13,15-20,26-27,31-33,35-36,38-39,42-45,47,50,52-54H,14,21-25,28H2,1-12H3. The van der Waals surface area contributed by atoms with E-state index in [0.29, 0.717) is 42.8 Å². The summed E-state index contributed by atoms with van der Waals surface area (Å²) in [5.41, 5.74) is 5.30. The van der Waals surface area contributed by atoms with Crippen molar-refractivity contribution >= 4 is 11.9 Å². The number of hydrogen-bond acceptors (Lipinski definition) is 12. The predicted octanol–water partition coefficient (Wildman–Crippen LogP) is 5.01. The quantitative estimate of drug-likeness (QED) is 0.0688. The highest BCUT2D eigenvalue weighted by atomic mass is 16.6. The molecular weight excluding hydrogens is 755 g/mol. The zero-order valence-electron chi connectivity index (χ0n) is 37.6. The number of likely N-dealkylation sites (N-methyl/N-ethyl adjacent to an activating group) is 1. The fourth-order valence-corrected chi connectivity index (χ4v) is 7.51. The molecule has 11 atom stereocenters. The number of piperazine rings is 1. The summed E-state index contributed by atoms with van der Waals surface area (Å²) in [5, 5.41) is 45.3. The first-order valence-corrected chi connectivity index (χ1v) is 21.0. The predicted molar refractivity (Wildman–Crippen MR) is 231 cm³/mol. The molecule has 5 N–H and O–H groups in total. The number of allylic oxidation sites excluding steroid dienone is 7. The molecule has 13 nitrogen and oxygen atoms in total. The van der Waals surface area contributed by atoms with Crippen molar-refractivity contribution < 1.29 is 49.1 Å². The van der Waals surface area contributed by atoms with Gasteiger partial charge < -0.3 is 44.4 Å². The van der Waals surface area contributed by atoms with Gasteiger partial charge in [-0.15, -0.1) is 0 Å². The van der Waals surface area contributed by atoms with Gasteiger partial charge in [-0.25, -0.2) is 4.79 Å². The minimum Gasteiger partial charge on any atom is -0.490 e. The second-order valence-corrected chi connectivity index (χ2v) is 16.4. The lowest BCUT2D eigenvalue weighted by Gasteiger charge is -2.33. The number of carbonyl (C=O) groups is 2. The van der Waals surface area contributed by atoms with Crippen LogP contribution >= 0.6 is 0 Å². The third kappa shape index (κ3) is 16.1. The first kappa shape index (κ1) is 51.6. The molecule has 11 unspecified atom stereocenters. The number of nitrogens with zero attached hydrogens (tertiary/aromatic N) is 2. The van der Waals surface area contributed by atoms with E-state index in [2.05, 4.69) is 10.4 Å². The number of carbonyl (C=O) groups excluding carboxylic acids is 2. The largest absolute Gasteiger partial charge is 0.490 e. The summed E-state index contributed by atoms with van der Waals surface area (Å²) in [6.45, 7) is 19.2. The zero-order chi connectivity index (χ0) is 44.4. The highest BCUT2D eigenvalue weighted by Gasteiger charge is 2.36. The van der Waals surface area contributed by atoms with E-state index in [9.17, 15) is 30.0 Å². The van der Waals surface area contributed by atoms with E-state index in [1.54, 1.807) is 68.2 Å². The first-order valence-electron chi connectivity index (χ1n) is 21.0. The van der Waals surface area contributed by atoms with Gasteiger partial charge in [-0.1, -0.05) is 88.3 Å². The minimum atomic E-state index is -1.23. The van der Waals surface area contributed by atoms with Gasteiger partial charge in [0.25, 0.3) is 5.91 Å². The molecule has 1 amide bonds. The number of esters is 1. The van der Waals surface area contributed by atoms with Crippen LogP contribution in [0.25, 0.3) is 0 Å². The Morgan fingerprint density at radius 1 is 1.07 bits per heavy atom. The third-order valence-corrected chi connectivity index (χ3v) is 11.6. The summed E-state index contributed by atoms with van der Waals surface area (Å²) in [4.78, 5) is 36.5. The summed E-state index contributed by atoms with van der Waals surface area (Å²) in [6, 6.07) is 0. The van der Waals surface area contributed by atoms with Crippen LogP contribution in [0.3, 0.4) is 0 Å². The number of rotatable bonds is 14. The van der Waals surface area contributed by atoms with Crippen LogP contribution < -0.4 is 5.48 Å². The maximum Gasteiger partial charge on any atom is 0.373 e. The number of nitrogens with one attached hydrogen (secondary N) is 1. The van der Waals surface area contributed by atoms with Gasteiger partial charge in [0.2, 0.25) is 5.76 Å². The summed E-state index contributed by atoms with van der Waals surface area (Å²) < 4.78 is 17.6. The molecule has 0 spiro atoms. The molecule has 59 heavy (non-hydrogen) atoms. The summed E-state index contributed by atoms with van der Waals surface area (Å²) in [5.74, 6) is -2.97. The highest BCUT2D eigenvalue weighted by molar-refractivity contribution is 5.87. The van der Waals surface area contributed by atoms with Crippen molar-refractivity contribution in [3.05, 3.63) is 82.9 Å². The van der Waals surface area contributed by atoms with Gasteiger partial charge in [-0.05, 0) is 71.2 Å². The Morgan fingerprint density at radius 3 is 2.32 bits per heavy atom. The van der Waals surface area contributed by atoms with E-state index in [0.717, 1.165) is 18.7 Å². The van der Waals surface area contributed by atoms with Crippen molar-refractivity contribution in [2.45, 2.75) is 112 Å². The van der Waals surface area contributed by atoms with Crippen LogP contribution in [0.2, 0.25) is 0 Å². The summed E-state index contributed by atoms with van der Waals surface area (Å²) in [7, 11) is 4.87. The van der Waals surface area contributed by atoms with Gasteiger partial charge in [0.15, 0.2) is 6.61 Å². The van der Waals surface area contributed by atoms with Crippen molar-refractivity contribution in [3.63, 3.8) is 0 Å². The molecule has 0 saturated carbocycles. The SMILES string of the molecule is CC=CC(O)C(C)C=CC(NOCC(=O)N1CCN(C)CC1)=C(C)C(O)C(C)C1OC(=O)C(OC)=CC(C)=CC(C)C(O)C(CC)C(O)C(C)CC(C)=CC=CC1OC. The fraction of sp³-hybridized carbons (Fsp3) is 0.652. The average Bonchev–Trinajstić information content (AvgIpc) is 3.20. The van der Waals surface area contributed by atoms with Crippen LogP contribution in [0.15, 0.2) is 82.9 Å². The van der Waals surface area contributed by atoms with E-state index in [1.165, 1.54) is 14.2 Å². The number of hydrogen-bond donors (Lipinski definition) is 5. The van der Waals surface area contributed by atoms with Crippen LogP contribution in [0.4, 0.5) is 0 Å². The Labute approximate surface area is 353 Å². The molecule has 2 aliphatic heterocycles. The number of ether oxygens (including phenoxy) is 3. The molecule has 2 aliphatic rings. The van der Waals surface area contributed by atoms with Crippen LogP contribution in [0, 0.1) is 29.6 Å². The van der Waals surface area contributed by atoms with Gasteiger partial charge in [0.1, 0.15) is 12.2 Å². The van der Waals surface area contributed by atoms with E-state index >= 15 is 0 Å². The molecule has 0 aromatic carbocycles. The summed E-state index contributed by atoms with van der Waals surface area (Å²) in [6.07, 6.45) is 11.5. The van der Waals surface area contributed by atoms with Gasteiger partial charge in [-0.2, -0.15) is 0 Å². The van der Waals surface area contributed by atoms with E-state index in [-0.39, 0.29) is 41.9 Å².